The molecule has 3 heterocycles. The number of nitrogens with zero attached hydrogens (tertiary/aromatic N) is 4. The van der Waals surface area contributed by atoms with Gasteiger partial charge in [-0.25, -0.2) is 4.98 Å². The zero-order valence-electron chi connectivity index (χ0n) is 15.2. The molecule has 0 unspecified atom stereocenters. The number of rotatable bonds is 2. The molecule has 3 aliphatic rings. The van der Waals surface area contributed by atoms with Gasteiger partial charge in [-0.15, -0.1) is 0 Å². The van der Waals surface area contributed by atoms with Crippen molar-refractivity contribution in [3.63, 3.8) is 0 Å². The molecule has 0 spiro atoms. The molecule has 6 nitrogen and oxygen atoms in total. The van der Waals surface area contributed by atoms with Gasteiger partial charge in [0.2, 0.25) is 5.91 Å². The number of ketones is 1. The van der Waals surface area contributed by atoms with Gasteiger partial charge in [0.1, 0.15) is 24.4 Å². The molecule has 1 amide bonds. The normalized spacial score (nSPS) is 19.0. The second-order valence-corrected chi connectivity index (χ2v) is 7.37. The molecule has 136 valence electrons. The fraction of sp³-hybridized carbons (Fsp3) is 0.333. The monoisotopic (exact) mass is 360 g/mol. The molecule has 27 heavy (non-hydrogen) atoms. The first kappa shape index (κ1) is 16.2. The highest BCUT2D eigenvalue weighted by atomic mass is 16.2. The van der Waals surface area contributed by atoms with E-state index in [1.807, 2.05) is 11.0 Å². The summed E-state index contributed by atoms with van der Waals surface area (Å²) in [7, 11) is 0. The van der Waals surface area contributed by atoms with E-state index in [-0.39, 0.29) is 18.2 Å². The Kier molecular flexibility index (Phi) is 3.60. The summed E-state index contributed by atoms with van der Waals surface area (Å²) in [6.45, 7) is 2.27. The van der Waals surface area contributed by atoms with Crippen molar-refractivity contribution < 1.29 is 9.59 Å². The van der Waals surface area contributed by atoms with E-state index in [1.54, 1.807) is 17.1 Å². The number of aromatic nitrogens is 2. The van der Waals surface area contributed by atoms with Gasteiger partial charge in [0.05, 0.1) is 5.70 Å². The Morgan fingerprint density at radius 1 is 1.26 bits per heavy atom. The first-order valence-corrected chi connectivity index (χ1v) is 9.36. The minimum atomic E-state index is -0.0922. The molecule has 0 N–H and O–H groups in total. The number of fused-ring (bicyclic) bond motifs is 3. The first-order chi connectivity index (χ1) is 13.1. The molecular formula is C21H20N4O2. The number of imidazole rings is 1. The first-order valence-electron chi connectivity index (χ1n) is 9.36. The second kappa shape index (κ2) is 6.01. The van der Waals surface area contributed by atoms with Gasteiger partial charge in [0.15, 0.2) is 5.78 Å². The van der Waals surface area contributed by atoms with Crippen LogP contribution in [0.5, 0.6) is 0 Å². The van der Waals surface area contributed by atoms with Gasteiger partial charge in [0.25, 0.3) is 0 Å². The van der Waals surface area contributed by atoms with E-state index in [0.717, 1.165) is 17.7 Å². The predicted octanol–water partition coefficient (Wildman–Crippen LogP) is 2.65. The van der Waals surface area contributed by atoms with E-state index in [1.165, 1.54) is 30.9 Å². The van der Waals surface area contributed by atoms with E-state index in [4.69, 9.17) is 0 Å². The fourth-order valence-corrected chi connectivity index (χ4v) is 3.99. The lowest BCUT2D eigenvalue weighted by Crippen LogP contribution is -2.36. The van der Waals surface area contributed by atoms with Crippen LogP contribution in [0.15, 0.2) is 41.8 Å². The van der Waals surface area contributed by atoms with Crippen LogP contribution in [0.1, 0.15) is 52.9 Å². The Bertz CT molecular complexity index is 1030. The lowest BCUT2D eigenvalue weighted by molar-refractivity contribution is -0.126. The van der Waals surface area contributed by atoms with E-state index in [9.17, 15) is 9.59 Å². The Balaban J connectivity index is 1.62. The lowest BCUT2D eigenvalue weighted by atomic mass is 9.90. The number of carbonyl (C=O) groups excluding carboxylic acids is 2. The molecule has 1 aromatic carbocycles. The van der Waals surface area contributed by atoms with Gasteiger partial charge in [-0.1, -0.05) is 18.2 Å². The average molecular weight is 360 g/mol. The van der Waals surface area contributed by atoms with Gasteiger partial charge >= 0.3 is 0 Å². The number of carbonyl (C=O) groups is 2. The van der Waals surface area contributed by atoms with E-state index in [2.05, 4.69) is 28.2 Å². The molecule has 1 fully saturated rings. The molecule has 0 saturated heterocycles. The van der Waals surface area contributed by atoms with Gasteiger partial charge in [-0.2, -0.15) is 0 Å². The lowest BCUT2D eigenvalue weighted by Gasteiger charge is -2.32. The number of hydrogen-bond acceptors (Lipinski definition) is 4. The zero-order valence-corrected chi connectivity index (χ0v) is 15.2. The zero-order chi connectivity index (χ0) is 18.5. The quantitative estimate of drug-likeness (QED) is 0.773. The number of benzene rings is 1. The summed E-state index contributed by atoms with van der Waals surface area (Å²) >= 11 is 0. The Labute approximate surface area is 157 Å². The summed E-state index contributed by atoms with van der Waals surface area (Å²) in [5.41, 5.74) is 5.22. The highest BCUT2D eigenvalue weighted by molar-refractivity contribution is 6.06. The van der Waals surface area contributed by atoms with Crippen LogP contribution < -0.4 is 0 Å². The molecular weight excluding hydrogens is 340 g/mol. The maximum absolute atomic E-state index is 12.7. The molecule has 5 rings (SSSR count). The molecule has 2 aliphatic heterocycles. The fourth-order valence-electron chi connectivity index (χ4n) is 3.99. The molecule has 1 saturated carbocycles. The van der Waals surface area contributed by atoms with Crippen molar-refractivity contribution in [1.82, 2.24) is 14.5 Å². The number of Topliss-reactive ketones (excluding diaryl/α,β-unsaturated/α-hetero) is 1. The third-order valence-corrected chi connectivity index (χ3v) is 5.53. The summed E-state index contributed by atoms with van der Waals surface area (Å²) < 4.78 is 1.72. The number of aliphatic imine (C=N–C) groups is 1. The third kappa shape index (κ3) is 2.72. The van der Waals surface area contributed by atoms with E-state index in [0.29, 0.717) is 24.0 Å². The van der Waals surface area contributed by atoms with Crippen molar-refractivity contribution >= 4 is 23.2 Å². The summed E-state index contributed by atoms with van der Waals surface area (Å²) in [6, 6.07) is 6.42. The minimum absolute atomic E-state index is 0.00521. The van der Waals surface area contributed by atoms with Crippen LogP contribution in [0.25, 0.3) is 5.70 Å². The highest BCUT2D eigenvalue weighted by Gasteiger charge is 2.33. The molecule has 1 aromatic heterocycles. The topological polar surface area (TPSA) is 67.6 Å². The van der Waals surface area contributed by atoms with Crippen molar-refractivity contribution in [3.8, 4) is 0 Å². The summed E-state index contributed by atoms with van der Waals surface area (Å²) in [4.78, 5) is 34.7. The van der Waals surface area contributed by atoms with Crippen LogP contribution in [0.2, 0.25) is 0 Å². The highest BCUT2D eigenvalue weighted by Crippen LogP contribution is 2.44. The van der Waals surface area contributed by atoms with Crippen molar-refractivity contribution in [3.05, 3.63) is 59.2 Å². The van der Waals surface area contributed by atoms with Crippen LogP contribution >= 0.6 is 0 Å². The van der Waals surface area contributed by atoms with Gasteiger partial charge < -0.3 is 4.90 Å². The molecule has 0 atom stereocenters. The van der Waals surface area contributed by atoms with Gasteiger partial charge in [-0.05, 0) is 36.3 Å². The Morgan fingerprint density at radius 3 is 2.85 bits per heavy atom. The van der Waals surface area contributed by atoms with Crippen LogP contribution in [0.3, 0.4) is 0 Å². The average Bonchev–Trinajstić information content (AvgIpc) is 3.42. The summed E-state index contributed by atoms with van der Waals surface area (Å²) in [5, 5.41) is 0. The number of amides is 1. The Hall–Kier alpha value is -3.02. The van der Waals surface area contributed by atoms with Crippen LogP contribution in [-0.4, -0.2) is 45.1 Å². The van der Waals surface area contributed by atoms with Crippen molar-refractivity contribution in [2.45, 2.75) is 32.1 Å². The molecule has 6 heteroatoms. The molecule has 0 bridgehead atoms. The van der Waals surface area contributed by atoms with Crippen molar-refractivity contribution in [1.29, 1.82) is 0 Å². The maximum atomic E-state index is 12.7. The largest absolute Gasteiger partial charge is 0.310 e. The SMILES string of the molecule is CC(=O)c1cn(C2=NCC(=O)N3CCc4c(cccc4C4CC4)C3=C2)cn1. The van der Waals surface area contributed by atoms with Crippen molar-refractivity contribution in [2.75, 3.05) is 13.1 Å². The van der Waals surface area contributed by atoms with Gasteiger partial charge in [0, 0.05) is 31.3 Å². The standard InChI is InChI=1S/C21H20N4O2/c1-13(26)18-11-24(12-23-18)20-9-19-17-4-2-3-15(14-5-6-14)16(17)7-8-25(19)21(27)10-22-20/h2-4,9,11-12,14H,5-8,10H2,1H3. The van der Waals surface area contributed by atoms with E-state index < -0.39 is 0 Å². The molecule has 1 aliphatic carbocycles. The number of hydrogen-bond donors (Lipinski definition) is 0. The Morgan fingerprint density at radius 2 is 2.11 bits per heavy atom. The third-order valence-electron chi connectivity index (χ3n) is 5.53. The van der Waals surface area contributed by atoms with Crippen LogP contribution in [0, 0.1) is 0 Å². The minimum Gasteiger partial charge on any atom is -0.310 e. The van der Waals surface area contributed by atoms with Crippen LogP contribution in [0.4, 0.5) is 0 Å². The maximum Gasteiger partial charge on any atom is 0.248 e. The molecule has 0 radical (unpaired) electrons. The van der Waals surface area contributed by atoms with Crippen LogP contribution in [-0.2, 0) is 11.2 Å². The smallest absolute Gasteiger partial charge is 0.248 e. The van der Waals surface area contributed by atoms with E-state index >= 15 is 0 Å². The molecule has 2 aromatic rings. The summed E-state index contributed by atoms with van der Waals surface area (Å²) in [5.74, 6) is 1.22. The predicted molar refractivity (Wildman–Crippen MR) is 102 cm³/mol. The van der Waals surface area contributed by atoms with Crippen molar-refractivity contribution in [2.24, 2.45) is 4.99 Å². The van der Waals surface area contributed by atoms with Gasteiger partial charge in [-0.3, -0.25) is 19.1 Å². The summed E-state index contributed by atoms with van der Waals surface area (Å²) in [6.07, 6.45) is 8.60. The number of allylic oxidation sites excluding steroid dienone is 1. The second-order valence-electron chi connectivity index (χ2n) is 7.37.